The van der Waals surface area contributed by atoms with E-state index >= 15 is 0 Å². The number of carbonyl (C=O) groups is 2. The van der Waals surface area contributed by atoms with Gasteiger partial charge in [-0.15, -0.1) is 0 Å². The number of likely N-dealkylation sites (tertiary alicyclic amines) is 1. The van der Waals surface area contributed by atoms with E-state index in [2.05, 4.69) is 10.2 Å². The molecule has 5 nitrogen and oxygen atoms in total. The molecule has 0 atom stereocenters. The summed E-state index contributed by atoms with van der Waals surface area (Å²) < 4.78 is 0. The number of nitrogens with zero attached hydrogens (tertiary/aromatic N) is 2. The van der Waals surface area contributed by atoms with Gasteiger partial charge < -0.3 is 15.1 Å². The van der Waals surface area contributed by atoms with Crippen LogP contribution in [-0.2, 0) is 4.79 Å². The highest BCUT2D eigenvalue weighted by atomic mass is 35.5. The van der Waals surface area contributed by atoms with Gasteiger partial charge >= 0.3 is 0 Å². The summed E-state index contributed by atoms with van der Waals surface area (Å²) in [6.45, 7) is 3.12. The van der Waals surface area contributed by atoms with E-state index in [1.807, 2.05) is 23.1 Å². The van der Waals surface area contributed by atoms with Gasteiger partial charge in [0.05, 0.1) is 11.4 Å². The third-order valence-corrected chi connectivity index (χ3v) is 6.64. The van der Waals surface area contributed by atoms with E-state index in [9.17, 15) is 9.59 Å². The third-order valence-electron chi connectivity index (χ3n) is 6.16. The molecule has 164 valence electrons. The molecule has 2 aliphatic heterocycles. The van der Waals surface area contributed by atoms with Gasteiger partial charge in [-0.3, -0.25) is 9.59 Å². The first-order valence-corrected chi connectivity index (χ1v) is 11.7. The first kappa shape index (κ1) is 22.0. The highest BCUT2D eigenvalue weighted by molar-refractivity contribution is 6.31. The summed E-state index contributed by atoms with van der Waals surface area (Å²) in [5.74, 6) is -0.140. The molecular weight excluding hydrogens is 433 g/mol. The van der Waals surface area contributed by atoms with Gasteiger partial charge in [-0.2, -0.15) is 0 Å². The highest BCUT2D eigenvalue weighted by Crippen LogP contribution is 2.32. The maximum atomic E-state index is 13.0. The number of hydrogen-bond acceptors (Lipinski definition) is 3. The molecule has 0 unspecified atom stereocenters. The lowest BCUT2D eigenvalue weighted by atomic mass is 9.95. The molecule has 2 fully saturated rings. The smallest absolute Gasteiger partial charge is 0.253 e. The quantitative estimate of drug-likeness (QED) is 0.658. The van der Waals surface area contributed by atoms with Gasteiger partial charge in [-0.1, -0.05) is 23.2 Å². The average molecular weight is 460 g/mol. The number of halogens is 2. The third kappa shape index (κ3) is 5.34. The van der Waals surface area contributed by atoms with Crippen LogP contribution in [0.3, 0.4) is 0 Å². The SMILES string of the molecule is O=C(Nc1cc(Cl)ccc1N1CCCCC1)C1CCN(C(=O)c2ccc(Cl)cc2)CC1. The second-order valence-electron chi connectivity index (χ2n) is 8.27. The van der Waals surface area contributed by atoms with Crippen LogP contribution < -0.4 is 10.2 Å². The molecule has 0 bridgehead atoms. The summed E-state index contributed by atoms with van der Waals surface area (Å²) in [5.41, 5.74) is 2.43. The van der Waals surface area contributed by atoms with Crippen molar-refractivity contribution < 1.29 is 9.59 Å². The van der Waals surface area contributed by atoms with Crippen LogP contribution in [0.25, 0.3) is 0 Å². The minimum absolute atomic E-state index is 0.000817. The summed E-state index contributed by atoms with van der Waals surface area (Å²) in [7, 11) is 0. The molecule has 0 radical (unpaired) electrons. The van der Waals surface area contributed by atoms with Crippen molar-refractivity contribution in [3.63, 3.8) is 0 Å². The zero-order chi connectivity index (χ0) is 21.8. The van der Waals surface area contributed by atoms with Crippen LogP contribution in [0.2, 0.25) is 10.0 Å². The largest absolute Gasteiger partial charge is 0.370 e. The number of amides is 2. The molecule has 2 amide bonds. The fourth-order valence-corrected chi connectivity index (χ4v) is 4.67. The van der Waals surface area contributed by atoms with Crippen molar-refractivity contribution in [1.29, 1.82) is 0 Å². The van der Waals surface area contributed by atoms with Crippen LogP contribution in [0.1, 0.15) is 42.5 Å². The van der Waals surface area contributed by atoms with Crippen molar-refractivity contribution in [1.82, 2.24) is 4.90 Å². The zero-order valence-electron chi connectivity index (χ0n) is 17.4. The van der Waals surface area contributed by atoms with Gasteiger partial charge in [0.25, 0.3) is 5.91 Å². The molecule has 1 N–H and O–H groups in total. The number of nitrogens with one attached hydrogen (secondary N) is 1. The van der Waals surface area contributed by atoms with Gasteiger partial charge in [0, 0.05) is 47.7 Å². The van der Waals surface area contributed by atoms with Crippen molar-refractivity contribution in [2.45, 2.75) is 32.1 Å². The summed E-state index contributed by atoms with van der Waals surface area (Å²) >= 11 is 12.1. The minimum atomic E-state index is -0.123. The Morgan fingerprint density at radius 2 is 1.48 bits per heavy atom. The van der Waals surface area contributed by atoms with Crippen LogP contribution in [0, 0.1) is 5.92 Å². The van der Waals surface area contributed by atoms with Crippen LogP contribution in [-0.4, -0.2) is 42.9 Å². The first-order valence-electron chi connectivity index (χ1n) is 10.9. The lowest BCUT2D eigenvalue weighted by Gasteiger charge is -2.33. The molecule has 2 aliphatic rings. The monoisotopic (exact) mass is 459 g/mol. The summed E-state index contributed by atoms with van der Waals surface area (Å²) in [4.78, 5) is 29.8. The lowest BCUT2D eigenvalue weighted by molar-refractivity contribution is -0.121. The van der Waals surface area contributed by atoms with Gasteiger partial charge in [-0.25, -0.2) is 0 Å². The molecule has 7 heteroatoms. The normalized spacial score (nSPS) is 17.5. The highest BCUT2D eigenvalue weighted by Gasteiger charge is 2.28. The standard InChI is InChI=1S/C24H27Cl2N3O2/c25-19-6-4-18(5-7-19)24(31)29-14-10-17(11-15-29)23(30)27-21-16-20(26)8-9-22(21)28-12-2-1-3-13-28/h4-9,16-17H,1-3,10-15H2,(H,27,30). The Hall–Kier alpha value is -2.24. The molecule has 31 heavy (non-hydrogen) atoms. The lowest BCUT2D eigenvalue weighted by Crippen LogP contribution is -2.41. The van der Waals surface area contributed by atoms with E-state index in [1.54, 1.807) is 24.3 Å². The van der Waals surface area contributed by atoms with E-state index in [0.29, 0.717) is 41.5 Å². The maximum Gasteiger partial charge on any atom is 0.253 e. The Morgan fingerprint density at radius 3 is 2.16 bits per heavy atom. The van der Waals surface area contributed by atoms with Crippen LogP contribution in [0.4, 0.5) is 11.4 Å². The first-order chi connectivity index (χ1) is 15.0. The Morgan fingerprint density at radius 1 is 0.839 bits per heavy atom. The van der Waals surface area contributed by atoms with Gasteiger partial charge in [0.2, 0.25) is 5.91 Å². The average Bonchev–Trinajstić information content (AvgIpc) is 2.80. The minimum Gasteiger partial charge on any atom is -0.370 e. The van der Waals surface area contributed by atoms with E-state index < -0.39 is 0 Å². The number of hydrogen-bond donors (Lipinski definition) is 1. The van der Waals surface area contributed by atoms with Crippen LogP contribution >= 0.6 is 23.2 Å². The van der Waals surface area contributed by atoms with Crippen LogP contribution in [0.5, 0.6) is 0 Å². The number of piperidine rings is 2. The molecule has 4 rings (SSSR count). The van der Waals surface area contributed by atoms with Crippen molar-refractivity contribution in [2.24, 2.45) is 5.92 Å². The predicted molar refractivity (Wildman–Crippen MR) is 126 cm³/mol. The topological polar surface area (TPSA) is 52.7 Å². The van der Waals surface area contributed by atoms with E-state index in [0.717, 1.165) is 37.3 Å². The Bertz CT molecular complexity index is 934. The maximum absolute atomic E-state index is 13.0. The van der Waals surface area contributed by atoms with Crippen molar-refractivity contribution in [3.8, 4) is 0 Å². The van der Waals surface area contributed by atoms with E-state index in [1.165, 1.54) is 6.42 Å². The van der Waals surface area contributed by atoms with Crippen molar-refractivity contribution in [2.75, 3.05) is 36.4 Å². The predicted octanol–water partition coefficient (Wildman–Crippen LogP) is 5.47. The molecule has 2 aromatic rings. The van der Waals surface area contributed by atoms with Crippen molar-refractivity contribution >= 4 is 46.4 Å². The fraction of sp³-hybridized carbons (Fsp3) is 0.417. The molecule has 2 saturated heterocycles. The van der Waals surface area contributed by atoms with Gasteiger partial charge in [0.1, 0.15) is 0 Å². The number of rotatable bonds is 4. The van der Waals surface area contributed by atoms with Crippen LogP contribution in [0.15, 0.2) is 42.5 Å². The molecular formula is C24H27Cl2N3O2. The van der Waals surface area contributed by atoms with Gasteiger partial charge in [0.15, 0.2) is 0 Å². The fourth-order valence-electron chi connectivity index (χ4n) is 4.37. The number of anilines is 2. The molecule has 2 aromatic carbocycles. The summed E-state index contributed by atoms with van der Waals surface area (Å²) in [6.07, 6.45) is 4.86. The summed E-state index contributed by atoms with van der Waals surface area (Å²) in [5, 5.41) is 4.34. The summed E-state index contributed by atoms with van der Waals surface area (Å²) in [6, 6.07) is 12.6. The Balaban J connectivity index is 1.38. The van der Waals surface area contributed by atoms with Gasteiger partial charge in [-0.05, 0) is 74.6 Å². The Kier molecular flexibility index (Phi) is 7.03. The number of carbonyl (C=O) groups excluding carboxylic acids is 2. The molecule has 0 spiro atoms. The number of benzene rings is 2. The van der Waals surface area contributed by atoms with Crippen molar-refractivity contribution in [3.05, 3.63) is 58.1 Å². The Labute approximate surface area is 193 Å². The molecule has 0 saturated carbocycles. The second kappa shape index (κ2) is 9.92. The zero-order valence-corrected chi connectivity index (χ0v) is 19.0. The second-order valence-corrected chi connectivity index (χ2v) is 9.14. The molecule has 2 heterocycles. The molecule has 0 aromatic heterocycles. The molecule has 0 aliphatic carbocycles. The van der Waals surface area contributed by atoms with E-state index in [-0.39, 0.29) is 17.7 Å². The van der Waals surface area contributed by atoms with E-state index in [4.69, 9.17) is 23.2 Å².